The number of hydrogen-bond donors (Lipinski definition) is 1. The monoisotopic (exact) mass is 919 g/mol. The lowest BCUT2D eigenvalue weighted by Crippen LogP contribution is -2.37. The Labute approximate surface area is 393 Å². The summed E-state index contributed by atoms with van der Waals surface area (Å²) in [7, 11) is 1.44. The van der Waals surface area contributed by atoms with Crippen LogP contribution in [0.5, 0.6) is 0 Å². The van der Waals surface area contributed by atoms with E-state index < -0.39 is 26.5 Å². The normalized spacial score (nSPS) is 14.0. The van der Waals surface area contributed by atoms with Crippen molar-refractivity contribution in [3.8, 4) is 0 Å². The average Bonchev–Trinajstić information content (AvgIpc) is 3.25. The van der Waals surface area contributed by atoms with E-state index in [1.54, 1.807) is 0 Å². The molecule has 0 radical (unpaired) electrons. The fraction of sp³-hybridized carbons (Fsp3) is 0.741. The van der Waals surface area contributed by atoms with Gasteiger partial charge in [0.15, 0.2) is 6.10 Å². The van der Waals surface area contributed by atoms with Gasteiger partial charge in [0.05, 0.1) is 27.7 Å². The first-order valence-electron chi connectivity index (χ1n) is 25.7. The van der Waals surface area contributed by atoms with Gasteiger partial charge in [-0.15, -0.1) is 0 Å². The van der Waals surface area contributed by atoms with Gasteiger partial charge in [-0.3, -0.25) is 18.6 Å². The van der Waals surface area contributed by atoms with E-state index in [-0.39, 0.29) is 32.0 Å². The number of allylic oxidation sites excluding steroid dienone is 12. The number of nitrogens with zero attached hydrogens (tertiary/aromatic N) is 1. The van der Waals surface area contributed by atoms with Crippen LogP contribution in [0.25, 0.3) is 0 Å². The summed E-state index contributed by atoms with van der Waals surface area (Å²) in [5.74, 6) is -0.849. The lowest BCUT2D eigenvalue weighted by atomic mass is 10.0. The van der Waals surface area contributed by atoms with Crippen molar-refractivity contribution in [1.29, 1.82) is 0 Å². The van der Waals surface area contributed by atoms with Gasteiger partial charge >= 0.3 is 19.8 Å². The van der Waals surface area contributed by atoms with Crippen LogP contribution < -0.4 is 0 Å². The van der Waals surface area contributed by atoms with Gasteiger partial charge in [0.2, 0.25) is 0 Å². The molecule has 1 N–H and O–H groups in total. The molecule has 0 aromatic heterocycles. The molecule has 2 unspecified atom stereocenters. The van der Waals surface area contributed by atoms with Crippen LogP contribution in [-0.4, -0.2) is 74.9 Å². The van der Waals surface area contributed by atoms with Gasteiger partial charge in [0.25, 0.3) is 0 Å². The van der Waals surface area contributed by atoms with Crippen molar-refractivity contribution in [3.63, 3.8) is 0 Å². The van der Waals surface area contributed by atoms with Gasteiger partial charge in [-0.2, -0.15) is 0 Å². The Hall–Kier alpha value is -2.55. The van der Waals surface area contributed by atoms with E-state index in [9.17, 15) is 19.0 Å². The van der Waals surface area contributed by atoms with Gasteiger partial charge in [-0.25, -0.2) is 4.57 Å². The number of quaternary nitrogens is 1. The molecule has 0 saturated carbocycles. The van der Waals surface area contributed by atoms with Gasteiger partial charge in [-0.1, -0.05) is 183 Å². The number of phosphoric ester groups is 1. The third kappa shape index (κ3) is 48.9. The minimum atomic E-state index is -4.39. The summed E-state index contributed by atoms with van der Waals surface area (Å²) in [6.07, 6.45) is 58.3. The molecule has 0 rings (SSSR count). The Kier molecular flexibility index (Phi) is 43.8. The number of phosphoric acid groups is 1. The maximum atomic E-state index is 12.7. The fourth-order valence-corrected chi connectivity index (χ4v) is 7.48. The van der Waals surface area contributed by atoms with Crippen molar-refractivity contribution in [1.82, 2.24) is 0 Å². The first kappa shape index (κ1) is 61.5. The Morgan fingerprint density at radius 3 is 1.36 bits per heavy atom. The van der Waals surface area contributed by atoms with Gasteiger partial charge in [-0.05, 0) is 83.5 Å². The fourth-order valence-electron chi connectivity index (χ4n) is 6.74. The molecule has 0 bridgehead atoms. The second-order valence-electron chi connectivity index (χ2n) is 18.2. The summed E-state index contributed by atoms with van der Waals surface area (Å²) in [4.78, 5) is 35.5. The van der Waals surface area contributed by atoms with Crippen LogP contribution >= 0.6 is 7.82 Å². The molecule has 0 aliphatic heterocycles. The third-order valence-corrected chi connectivity index (χ3v) is 11.7. The van der Waals surface area contributed by atoms with Crippen molar-refractivity contribution in [2.75, 3.05) is 47.5 Å². The molecule has 2 atom stereocenters. The number of rotatable bonds is 46. The van der Waals surface area contributed by atoms with Crippen molar-refractivity contribution in [2.45, 2.75) is 213 Å². The molecule has 64 heavy (non-hydrogen) atoms. The third-order valence-electron chi connectivity index (χ3n) is 10.7. The van der Waals surface area contributed by atoms with E-state index in [1.165, 1.54) is 109 Å². The Bertz CT molecular complexity index is 1310. The summed E-state index contributed by atoms with van der Waals surface area (Å²) >= 11 is 0. The minimum Gasteiger partial charge on any atom is -0.462 e. The molecule has 0 saturated heterocycles. The van der Waals surface area contributed by atoms with Crippen molar-refractivity contribution >= 4 is 19.8 Å². The molecule has 0 aromatic rings. The highest BCUT2D eigenvalue weighted by Gasteiger charge is 2.27. The van der Waals surface area contributed by atoms with E-state index in [1.807, 2.05) is 21.1 Å². The van der Waals surface area contributed by atoms with Crippen LogP contribution in [-0.2, 0) is 32.7 Å². The molecule has 0 fully saturated rings. The SMILES string of the molecule is CC/C=C\C/C=C\C/C=C\C/C=C\CCCCC(=O)OC(COC(=O)CCCCCCCCCCCCCCC/C=C\C/C=C\CCCCCCC)COP(=O)(O)OCC[N+](C)(C)C. The average molecular weight is 919 g/mol. The van der Waals surface area contributed by atoms with Gasteiger partial charge < -0.3 is 18.9 Å². The summed E-state index contributed by atoms with van der Waals surface area (Å²) in [5, 5.41) is 0. The summed E-state index contributed by atoms with van der Waals surface area (Å²) in [5.41, 5.74) is 0. The Morgan fingerprint density at radius 2 is 0.891 bits per heavy atom. The molecular weight excluding hydrogens is 822 g/mol. The number of esters is 2. The van der Waals surface area contributed by atoms with Crippen molar-refractivity contribution in [2.24, 2.45) is 0 Å². The summed E-state index contributed by atoms with van der Waals surface area (Å²) < 4.78 is 34.4. The second-order valence-corrected chi connectivity index (χ2v) is 19.6. The smallest absolute Gasteiger partial charge is 0.462 e. The highest BCUT2D eigenvalue weighted by atomic mass is 31.2. The van der Waals surface area contributed by atoms with E-state index in [2.05, 4.69) is 86.8 Å². The topological polar surface area (TPSA) is 108 Å². The lowest BCUT2D eigenvalue weighted by Gasteiger charge is -2.24. The van der Waals surface area contributed by atoms with E-state index in [0.717, 1.165) is 64.2 Å². The largest absolute Gasteiger partial charge is 0.472 e. The van der Waals surface area contributed by atoms with Crippen LogP contribution in [0.1, 0.15) is 206 Å². The Morgan fingerprint density at radius 1 is 0.500 bits per heavy atom. The maximum absolute atomic E-state index is 12.7. The van der Waals surface area contributed by atoms with Crippen LogP contribution in [0.3, 0.4) is 0 Å². The molecule has 370 valence electrons. The zero-order valence-electron chi connectivity index (χ0n) is 41.7. The molecule has 9 nitrogen and oxygen atoms in total. The maximum Gasteiger partial charge on any atom is 0.472 e. The standard InChI is InChI=1S/C54H96NO8P/c1-6-8-10-12-14-16-18-20-22-23-24-25-26-27-28-29-30-31-33-34-36-38-40-42-44-46-53(56)60-50-52(51-62-64(58,59)61-49-48-55(3,4)5)63-54(57)47-45-43-41-39-37-35-32-21-19-17-15-13-11-9-7-2/h9,11,15,17-18,20-21,23-24,32,37,39,52H,6-8,10,12-14,16,19,22,25-31,33-36,38,40-51H2,1-5H3/p+1/b11-9-,17-15-,20-18-,24-23-,32-21-,39-37-. The van der Waals surface area contributed by atoms with E-state index in [0.29, 0.717) is 17.4 Å². The van der Waals surface area contributed by atoms with Gasteiger partial charge in [0, 0.05) is 12.8 Å². The van der Waals surface area contributed by atoms with Crippen molar-refractivity contribution < 1.29 is 42.1 Å². The minimum absolute atomic E-state index is 0.0206. The number of likely N-dealkylation sites (N-methyl/N-ethyl adjacent to an activating group) is 1. The zero-order chi connectivity index (χ0) is 47.1. The predicted octanol–water partition coefficient (Wildman–Crippen LogP) is 15.4. The number of ether oxygens (including phenoxy) is 2. The van der Waals surface area contributed by atoms with Crippen LogP contribution in [0, 0.1) is 0 Å². The highest BCUT2D eigenvalue weighted by Crippen LogP contribution is 2.43. The summed E-state index contributed by atoms with van der Waals surface area (Å²) in [6.45, 7) is 4.25. The van der Waals surface area contributed by atoms with Crippen LogP contribution in [0.4, 0.5) is 0 Å². The molecule has 10 heteroatoms. The van der Waals surface area contributed by atoms with Crippen LogP contribution in [0.15, 0.2) is 72.9 Å². The van der Waals surface area contributed by atoms with E-state index in [4.69, 9.17) is 18.5 Å². The van der Waals surface area contributed by atoms with Crippen molar-refractivity contribution in [3.05, 3.63) is 72.9 Å². The molecule has 0 spiro atoms. The first-order valence-corrected chi connectivity index (χ1v) is 27.2. The molecule has 0 aliphatic carbocycles. The molecule has 0 heterocycles. The molecule has 0 aliphatic rings. The molecule has 0 aromatic carbocycles. The van der Waals surface area contributed by atoms with Gasteiger partial charge in [0.1, 0.15) is 19.8 Å². The quantitative estimate of drug-likeness (QED) is 0.0211. The Balaban J connectivity index is 4.23. The number of unbranched alkanes of at least 4 members (excludes halogenated alkanes) is 20. The lowest BCUT2D eigenvalue weighted by molar-refractivity contribution is -0.870. The number of hydrogen-bond acceptors (Lipinski definition) is 7. The molecular formula is C54H97NO8P+. The highest BCUT2D eigenvalue weighted by molar-refractivity contribution is 7.47. The second kappa shape index (κ2) is 45.6. The predicted molar refractivity (Wildman–Crippen MR) is 270 cm³/mol. The number of carbonyl (C=O) groups is 2. The van der Waals surface area contributed by atoms with E-state index >= 15 is 0 Å². The first-order chi connectivity index (χ1) is 31.0. The number of carbonyl (C=O) groups excluding carboxylic acids is 2. The zero-order valence-corrected chi connectivity index (χ0v) is 42.6. The van der Waals surface area contributed by atoms with Crippen LogP contribution in [0.2, 0.25) is 0 Å². The summed E-state index contributed by atoms with van der Waals surface area (Å²) in [6, 6.07) is 0. The molecule has 0 amide bonds.